The number of hydrogen-bond donors (Lipinski definition) is 0. The number of nitrogens with zero attached hydrogens (tertiary/aromatic N) is 2. The van der Waals surface area contributed by atoms with Crippen molar-refractivity contribution < 1.29 is 4.79 Å². The minimum Gasteiger partial charge on any atom is -0.341 e. The molecule has 2 aliphatic rings. The van der Waals surface area contributed by atoms with Crippen molar-refractivity contribution in [2.45, 2.75) is 45.4 Å². The van der Waals surface area contributed by atoms with Crippen molar-refractivity contribution in [2.24, 2.45) is 17.8 Å². The third-order valence-electron chi connectivity index (χ3n) is 4.19. The van der Waals surface area contributed by atoms with Gasteiger partial charge in [0, 0.05) is 13.1 Å². The lowest BCUT2D eigenvalue weighted by molar-refractivity contribution is -0.137. The van der Waals surface area contributed by atoms with Gasteiger partial charge in [-0.25, -0.2) is 0 Å². The van der Waals surface area contributed by atoms with Crippen LogP contribution in [-0.4, -0.2) is 23.9 Å². The van der Waals surface area contributed by atoms with Gasteiger partial charge >= 0.3 is 0 Å². The van der Waals surface area contributed by atoms with Crippen LogP contribution in [0, 0.1) is 29.1 Å². The van der Waals surface area contributed by atoms with Gasteiger partial charge in [-0.3, -0.25) is 4.79 Å². The molecular weight excluding hydrogens is 212 g/mol. The zero-order valence-electron chi connectivity index (χ0n) is 10.7. The highest BCUT2D eigenvalue weighted by Gasteiger charge is 2.34. The largest absolute Gasteiger partial charge is 0.341 e. The second-order valence-electron chi connectivity index (χ2n) is 5.61. The van der Waals surface area contributed by atoms with Crippen LogP contribution in [0.15, 0.2) is 0 Å². The van der Waals surface area contributed by atoms with E-state index in [-0.39, 0.29) is 5.91 Å². The van der Waals surface area contributed by atoms with Crippen LogP contribution in [0.2, 0.25) is 0 Å². The summed E-state index contributed by atoms with van der Waals surface area (Å²) in [4.78, 5) is 14.2. The molecule has 3 unspecified atom stereocenters. The first kappa shape index (κ1) is 12.4. The Balaban J connectivity index is 1.97. The Morgan fingerprint density at radius 1 is 1.41 bits per heavy atom. The molecule has 1 aliphatic heterocycles. The predicted molar refractivity (Wildman–Crippen MR) is 66.0 cm³/mol. The fourth-order valence-corrected chi connectivity index (χ4v) is 3.36. The number of amides is 1. The molecule has 1 aliphatic carbocycles. The smallest absolute Gasteiger partial charge is 0.239 e. The van der Waals surface area contributed by atoms with E-state index in [4.69, 9.17) is 5.26 Å². The molecule has 1 saturated heterocycles. The minimum atomic E-state index is -0.404. The molecule has 3 nitrogen and oxygen atoms in total. The van der Waals surface area contributed by atoms with Crippen LogP contribution in [0.5, 0.6) is 0 Å². The summed E-state index contributed by atoms with van der Waals surface area (Å²) < 4.78 is 0. The molecule has 0 aromatic rings. The van der Waals surface area contributed by atoms with Crippen LogP contribution in [0.1, 0.15) is 45.4 Å². The molecule has 2 bridgehead atoms. The maximum Gasteiger partial charge on any atom is 0.239 e. The lowest BCUT2D eigenvalue weighted by Gasteiger charge is -2.41. The fraction of sp³-hybridized carbons (Fsp3) is 0.857. The third kappa shape index (κ3) is 2.80. The molecular formula is C14H22N2O. The number of likely N-dealkylation sites (tertiary alicyclic amines) is 1. The summed E-state index contributed by atoms with van der Waals surface area (Å²) in [6.45, 7) is 3.83. The van der Waals surface area contributed by atoms with Crippen LogP contribution >= 0.6 is 0 Å². The Morgan fingerprint density at radius 2 is 2.06 bits per heavy atom. The molecule has 1 amide bonds. The van der Waals surface area contributed by atoms with Gasteiger partial charge < -0.3 is 4.90 Å². The number of piperidine rings is 1. The second kappa shape index (κ2) is 5.53. The summed E-state index contributed by atoms with van der Waals surface area (Å²) >= 11 is 0. The number of fused-ring (bicyclic) bond motifs is 2. The molecule has 0 spiro atoms. The third-order valence-corrected chi connectivity index (χ3v) is 4.19. The number of rotatable bonds is 3. The topological polar surface area (TPSA) is 44.1 Å². The minimum absolute atomic E-state index is 0.0888. The molecule has 0 aromatic heterocycles. The molecule has 94 valence electrons. The lowest BCUT2D eigenvalue weighted by Crippen LogP contribution is -2.47. The highest BCUT2D eigenvalue weighted by molar-refractivity contribution is 5.81. The highest BCUT2D eigenvalue weighted by Crippen LogP contribution is 2.34. The SMILES string of the molecule is CCCC(C#N)C(=O)N1CC2CCCC(C2)C1. The Morgan fingerprint density at radius 3 is 2.59 bits per heavy atom. The van der Waals surface area contributed by atoms with E-state index in [1.807, 2.05) is 11.8 Å². The van der Waals surface area contributed by atoms with E-state index in [0.29, 0.717) is 18.3 Å². The second-order valence-corrected chi connectivity index (χ2v) is 5.61. The van der Waals surface area contributed by atoms with Gasteiger partial charge in [-0.1, -0.05) is 19.8 Å². The Kier molecular flexibility index (Phi) is 4.04. The quantitative estimate of drug-likeness (QED) is 0.753. The predicted octanol–water partition coefficient (Wildman–Crippen LogP) is 2.57. The molecule has 2 rings (SSSR count). The number of nitriles is 1. The summed E-state index contributed by atoms with van der Waals surface area (Å²) in [7, 11) is 0. The van der Waals surface area contributed by atoms with E-state index in [0.717, 1.165) is 19.5 Å². The summed E-state index contributed by atoms with van der Waals surface area (Å²) in [6, 6.07) is 2.17. The summed E-state index contributed by atoms with van der Waals surface area (Å²) in [5.41, 5.74) is 0. The van der Waals surface area contributed by atoms with Gasteiger partial charge in [0.05, 0.1) is 6.07 Å². The van der Waals surface area contributed by atoms with Gasteiger partial charge in [0.25, 0.3) is 0 Å². The van der Waals surface area contributed by atoms with Crippen LogP contribution in [0.3, 0.4) is 0 Å². The van der Waals surface area contributed by atoms with Gasteiger partial charge in [-0.05, 0) is 37.5 Å². The van der Waals surface area contributed by atoms with Crippen LogP contribution < -0.4 is 0 Å². The first-order chi connectivity index (χ1) is 8.24. The molecule has 1 saturated carbocycles. The van der Waals surface area contributed by atoms with Gasteiger partial charge in [-0.2, -0.15) is 5.26 Å². The molecule has 0 N–H and O–H groups in total. The van der Waals surface area contributed by atoms with Crippen LogP contribution in [0.4, 0.5) is 0 Å². The Bertz CT molecular complexity index is 309. The van der Waals surface area contributed by atoms with Crippen molar-refractivity contribution in [1.29, 1.82) is 5.26 Å². The normalized spacial score (nSPS) is 29.5. The first-order valence-electron chi connectivity index (χ1n) is 6.93. The van der Waals surface area contributed by atoms with E-state index in [1.54, 1.807) is 0 Å². The molecule has 3 heteroatoms. The lowest BCUT2D eigenvalue weighted by atomic mass is 9.77. The zero-order valence-corrected chi connectivity index (χ0v) is 10.7. The van der Waals surface area contributed by atoms with Crippen molar-refractivity contribution in [1.82, 2.24) is 4.90 Å². The maximum absolute atomic E-state index is 12.3. The number of carbonyl (C=O) groups is 1. The molecule has 17 heavy (non-hydrogen) atoms. The number of carbonyl (C=O) groups excluding carboxylic acids is 1. The van der Waals surface area contributed by atoms with E-state index < -0.39 is 5.92 Å². The van der Waals surface area contributed by atoms with Gasteiger partial charge in [0.1, 0.15) is 5.92 Å². The summed E-state index contributed by atoms with van der Waals surface area (Å²) in [5.74, 6) is 1.09. The molecule has 0 radical (unpaired) electrons. The Labute approximate surface area is 104 Å². The van der Waals surface area contributed by atoms with Crippen molar-refractivity contribution in [3.05, 3.63) is 0 Å². The van der Waals surface area contributed by atoms with E-state index in [2.05, 4.69) is 6.07 Å². The average molecular weight is 234 g/mol. The van der Waals surface area contributed by atoms with Gasteiger partial charge in [-0.15, -0.1) is 0 Å². The Hall–Kier alpha value is -1.04. The zero-order chi connectivity index (χ0) is 12.3. The fourth-order valence-electron chi connectivity index (χ4n) is 3.36. The van der Waals surface area contributed by atoms with E-state index in [9.17, 15) is 4.79 Å². The van der Waals surface area contributed by atoms with Gasteiger partial charge in [0.2, 0.25) is 5.91 Å². The monoisotopic (exact) mass is 234 g/mol. The molecule has 3 atom stereocenters. The van der Waals surface area contributed by atoms with Crippen LogP contribution in [-0.2, 0) is 4.79 Å². The van der Waals surface area contributed by atoms with E-state index >= 15 is 0 Å². The standard InChI is InChI=1S/C14H22N2O/c1-2-4-13(8-15)14(17)16-9-11-5-3-6-12(7-11)10-16/h11-13H,2-7,9-10H2,1H3. The van der Waals surface area contributed by atoms with Crippen LogP contribution in [0.25, 0.3) is 0 Å². The molecule has 0 aromatic carbocycles. The first-order valence-corrected chi connectivity index (χ1v) is 6.93. The average Bonchev–Trinajstić information content (AvgIpc) is 2.34. The van der Waals surface area contributed by atoms with Crippen molar-refractivity contribution >= 4 is 5.91 Å². The van der Waals surface area contributed by atoms with Crippen molar-refractivity contribution in [3.63, 3.8) is 0 Å². The number of hydrogen-bond acceptors (Lipinski definition) is 2. The van der Waals surface area contributed by atoms with Crippen molar-refractivity contribution in [3.8, 4) is 6.07 Å². The molecule has 1 heterocycles. The summed E-state index contributed by atoms with van der Waals surface area (Å²) in [6.07, 6.45) is 6.78. The highest BCUT2D eigenvalue weighted by atomic mass is 16.2. The van der Waals surface area contributed by atoms with Gasteiger partial charge in [0.15, 0.2) is 0 Å². The van der Waals surface area contributed by atoms with E-state index in [1.165, 1.54) is 25.7 Å². The van der Waals surface area contributed by atoms with Crippen molar-refractivity contribution in [2.75, 3.05) is 13.1 Å². The molecule has 2 fully saturated rings. The summed E-state index contributed by atoms with van der Waals surface area (Å²) in [5, 5.41) is 9.06. The maximum atomic E-state index is 12.3.